The van der Waals surface area contributed by atoms with Crippen molar-refractivity contribution in [1.82, 2.24) is 9.97 Å². The lowest BCUT2D eigenvalue weighted by molar-refractivity contribution is 0.750. The summed E-state index contributed by atoms with van der Waals surface area (Å²) in [7, 11) is 0. The SMILES string of the molecule is CC(C)CSc1ccccc1-c1nc(N)nc(N)c1C#N. The highest BCUT2D eigenvalue weighted by molar-refractivity contribution is 7.99. The van der Waals surface area contributed by atoms with E-state index in [0.29, 0.717) is 11.6 Å². The highest BCUT2D eigenvalue weighted by Crippen LogP contribution is 2.34. The third kappa shape index (κ3) is 3.44. The van der Waals surface area contributed by atoms with Gasteiger partial charge >= 0.3 is 0 Å². The molecule has 1 aromatic carbocycles. The van der Waals surface area contributed by atoms with Crippen molar-refractivity contribution in [2.75, 3.05) is 17.2 Å². The first-order chi connectivity index (χ1) is 10.0. The van der Waals surface area contributed by atoms with Gasteiger partial charge in [0.1, 0.15) is 17.5 Å². The maximum atomic E-state index is 9.30. The van der Waals surface area contributed by atoms with E-state index in [1.807, 2.05) is 24.3 Å². The fourth-order valence-electron chi connectivity index (χ4n) is 1.85. The lowest BCUT2D eigenvalue weighted by atomic mass is 10.1. The van der Waals surface area contributed by atoms with Crippen LogP contribution in [0.2, 0.25) is 0 Å². The summed E-state index contributed by atoms with van der Waals surface area (Å²) in [6.07, 6.45) is 0. The first-order valence-electron chi connectivity index (χ1n) is 6.58. The van der Waals surface area contributed by atoms with Crippen LogP contribution in [0.3, 0.4) is 0 Å². The molecule has 1 aromatic heterocycles. The fourth-order valence-corrected chi connectivity index (χ4v) is 2.85. The van der Waals surface area contributed by atoms with Gasteiger partial charge in [0.25, 0.3) is 0 Å². The van der Waals surface area contributed by atoms with Crippen LogP contribution in [0.4, 0.5) is 11.8 Å². The molecule has 108 valence electrons. The summed E-state index contributed by atoms with van der Waals surface area (Å²) in [6, 6.07) is 9.87. The zero-order valence-corrected chi connectivity index (χ0v) is 12.8. The lowest BCUT2D eigenvalue weighted by Crippen LogP contribution is -2.05. The Bertz CT molecular complexity index is 691. The van der Waals surface area contributed by atoms with Crippen molar-refractivity contribution < 1.29 is 0 Å². The minimum atomic E-state index is 0.0742. The molecule has 2 rings (SSSR count). The van der Waals surface area contributed by atoms with E-state index in [4.69, 9.17) is 11.5 Å². The monoisotopic (exact) mass is 299 g/mol. The van der Waals surface area contributed by atoms with Gasteiger partial charge in [0, 0.05) is 16.2 Å². The second-order valence-electron chi connectivity index (χ2n) is 5.00. The van der Waals surface area contributed by atoms with Crippen molar-refractivity contribution in [2.24, 2.45) is 5.92 Å². The zero-order chi connectivity index (χ0) is 15.4. The van der Waals surface area contributed by atoms with Gasteiger partial charge < -0.3 is 11.5 Å². The van der Waals surface area contributed by atoms with Gasteiger partial charge in [0.15, 0.2) is 0 Å². The second-order valence-corrected chi connectivity index (χ2v) is 6.07. The van der Waals surface area contributed by atoms with Crippen LogP contribution in [0, 0.1) is 17.2 Å². The molecule has 0 saturated carbocycles. The summed E-state index contributed by atoms with van der Waals surface area (Å²) in [5.74, 6) is 1.74. The highest BCUT2D eigenvalue weighted by Gasteiger charge is 2.16. The number of anilines is 2. The fraction of sp³-hybridized carbons (Fsp3) is 0.267. The predicted molar refractivity (Wildman–Crippen MR) is 86.6 cm³/mol. The molecule has 1 heterocycles. The third-order valence-electron chi connectivity index (χ3n) is 2.78. The molecule has 0 aliphatic carbocycles. The Hall–Kier alpha value is -2.26. The number of aromatic nitrogens is 2. The van der Waals surface area contributed by atoms with Gasteiger partial charge in [-0.3, -0.25) is 0 Å². The molecule has 0 fully saturated rings. The Morgan fingerprint density at radius 1 is 1.24 bits per heavy atom. The molecule has 5 nitrogen and oxygen atoms in total. The third-order valence-corrected chi connectivity index (χ3v) is 4.28. The second kappa shape index (κ2) is 6.46. The van der Waals surface area contributed by atoms with Gasteiger partial charge in [0.2, 0.25) is 5.95 Å². The summed E-state index contributed by atoms with van der Waals surface area (Å²) in [6.45, 7) is 4.33. The Labute approximate surface area is 128 Å². The van der Waals surface area contributed by atoms with Crippen molar-refractivity contribution in [2.45, 2.75) is 18.7 Å². The molecule has 4 N–H and O–H groups in total. The van der Waals surface area contributed by atoms with E-state index in [0.717, 1.165) is 16.2 Å². The number of nitrogens with zero attached hydrogens (tertiary/aromatic N) is 3. The maximum Gasteiger partial charge on any atom is 0.222 e. The van der Waals surface area contributed by atoms with Crippen LogP contribution in [-0.4, -0.2) is 15.7 Å². The number of nitrogens with two attached hydrogens (primary N) is 2. The average molecular weight is 299 g/mol. The molecule has 0 unspecified atom stereocenters. The number of benzene rings is 1. The van der Waals surface area contributed by atoms with Crippen molar-refractivity contribution >= 4 is 23.5 Å². The van der Waals surface area contributed by atoms with E-state index in [9.17, 15) is 5.26 Å². The van der Waals surface area contributed by atoms with Gasteiger partial charge in [-0.15, -0.1) is 11.8 Å². The Kier molecular flexibility index (Phi) is 4.66. The molecule has 0 aliphatic heterocycles. The average Bonchev–Trinajstić information content (AvgIpc) is 2.44. The molecule has 0 atom stereocenters. The van der Waals surface area contributed by atoms with Crippen LogP contribution in [0.1, 0.15) is 19.4 Å². The quantitative estimate of drug-likeness (QED) is 0.842. The summed E-state index contributed by atoms with van der Waals surface area (Å²) in [5, 5.41) is 9.30. The summed E-state index contributed by atoms with van der Waals surface area (Å²) < 4.78 is 0. The van der Waals surface area contributed by atoms with Crippen LogP contribution >= 0.6 is 11.8 Å². The minimum absolute atomic E-state index is 0.0742. The molecule has 0 radical (unpaired) electrons. The number of hydrogen-bond donors (Lipinski definition) is 2. The molecule has 6 heteroatoms. The standard InChI is InChI=1S/C15H17N5S/c1-9(2)8-21-12-6-4-3-5-10(12)13-11(7-16)14(17)20-15(18)19-13/h3-6,9H,8H2,1-2H3,(H4,17,18,19,20). The highest BCUT2D eigenvalue weighted by atomic mass is 32.2. The molecular weight excluding hydrogens is 282 g/mol. The van der Waals surface area contributed by atoms with Crippen LogP contribution in [-0.2, 0) is 0 Å². The van der Waals surface area contributed by atoms with Crippen LogP contribution in [0.25, 0.3) is 11.3 Å². The van der Waals surface area contributed by atoms with E-state index < -0.39 is 0 Å². The molecule has 0 aliphatic rings. The normalized spacial score (nSPS) is 10.6. The van der Waals surface area contributed by atoms with Gasteiger partial charge in [-0.25, -0.2) is 4.98 Å². The maximum absolute atomic E-state index is 9.30. The summed E-state index contributed by atoms with van der Waals surface area (Å²) in [4.78, 5) is 9.12. The zero-order valence-electron chi connectivity index (χ0n) is 12.0. The Balaban J connectivity index is 2.55. The topological polar surface area (TPSA) is 102 Å². The van der Waals surface area contributed by atoms with Gasteiger partial charge in [-0.1, -0.05) is 32.0 Å². The minimum Gasteiger partial charge on any atom is -0.382 e. The Morgan fingerprint density at radius 2 is 1.95 bits per heavy atom. The molecule has 0 amide bonds. The number of nitrogen functional groups attached to an aromatic ring is 2. The molecular formula is C15H17N5S. The molecule has 0 spiro atoms. The van der Waals surface area contributed by atoms with Crippen molar-refractivity contribution in [3.05, 3.63) is 29.8 Å². The largest absolute Gasteiger partial charge is 0.382 e. The number of rotatable bonds is 4. The Morgan fingerprint density at radius 3 is 2.62 bits per heavy atom. The predicted octanol–water partition coefficient (Wildman–Crippen LogP) is 2.93. The van der Waals surface area contributed by atoms with E-state index in [-0.39, 0.29) is 17.3 Å². The van der Waals surface area contributed by atoms with Crippen LogP contribution in [0.5, 0.6) is 0 Å². The number of nitriles is 1. The van der Waals surface area contributed by atoms with E-state index in [1.165, 1.54) is 0 Å². The van der Waals surface area contributed by atoms with Crippen molar-refractivity contribution in [3.63, 3.8) is 0 Å². The van der Waals surface area contributed by atoms with Crippen molar-refractivity contribution in [1.29, 1.82) is 5.26 Å². The number of hydrogen-bond acceptors (Lipinski definition) is 6. The molecule has 21 heavy (non-hydrogen) atoms. The van der Waals surface area contributed by atoms with Gasteiger partial charge in [-0.05, 0) is 12.0 Å². The van der Waals surface area contributed by atoms with Crippen molar-refractivity contribution in [3.8, 4) is 17.3 Å². The van der Waals surface area contributed by atoms with E-state index in [2.05, 4.69) is 29.9 Å². The first kappa shape index (κ1) is 15.1. The first-order valence-corrected chi connectivity index (χ1v) is 7.56. The van der Waals surface area contributed by atoms with Gasteiger partial charge in [0.05, 0.1) is 5.69 Å². The van der Waals surface area contributed by atoms with Gasteiger partial charge in [-0.2, -0.15) is 10.2 Å². The van der Waals surface area contributed by atoms with Crippen LogP contribution in [0.15, 0.2) is 29.2 Å². The lowest BCUT2D eigenvalue weighted by Gasteiger charge is -2.12. The molecule has 0 saturated heterocycles. The summed E-state index contributed by atoms with van der Waals surface area (Å²) >= 11 is 1.73. The smallest absolute Gasteiger partial charge is 0.222 e. The van der Waals surface area contributed by atoms with E-state index >= 15 is 0 Å². The van der Waals surface area contributed by atoms with Crippen LogP contribution < -0.4 is 11.5 Å². The summed E-state index contributed by atoms with van der Waals surface area (Å²) in [5.41, 5.74) is 13.1. The molecule has 0 bridgehead atoms. The number of thioether (sulfide) groups is 1. The van der Waals surface area contributed by atoms with E-state index in [1.54, 1.807) is 11.8 Å². The molecule has 2 aromatic rings.